The molecule has 0 saturated heterocycles. The number of anilines is 1. The zero-order chi connectivity index (χ0) is 16.8. The lowest BCUT2D eigenvalue weighted by Crippen LogP contribution is -2.32. The molecule has 2 aromatic carbocycles. The minimum atomic E-state index is -0.851. The van der Waals surface area contributed by atoms with E-state index < -0.39 is 11.8 Å². The third-order valence-electron chi connectivity index (χ3n) is 3.28. The predicted octanol–water partition coefficient (Wildman–Crippen LogP) is 2.32. The Hall–Kier alpha value is -3.54. The molecule has 0 saturated carbocycles. The Labute approximate surface area is 138 Å². The van der Waals surface area contributed by atoms with Crippen molar-refractivity contribution >= 4 is 34.5 Å². The van der Waals surface area contributed by atoms with Crippen LogP contribution in [-0.4, -0.2) is 23.0 Å². The van der Waals surface area contributed by atoms with E-state index in [1.807, 2.05) is 42.5 Å². The summed E-state index contributed by atoms with van der Waals surface area (Å²) in [6.07, 6.45) is 4.51. The summed E-state index contributed by atoms with van der Waals surface area (Å²) in [5, 5.41) is 8.43. The number of rotatable bonds is 3. The van der Waals surface area contributed by atoms with Gasteiger partial charge in [-0.25, -0.2) is 5.43 Å². The monoisotopic (exact) mass is 318 g/mol. The van der Waals surface area contributed by atoms with Gasteiger partial charge in [-0.1, -0.05) is 36.4 Å². The van der Waals surface area contributed by atoms with E-state index >= 15 is 0 Å². The summed E-state index contributed by atoms with van der Waals surface area (Å²) < 4.78 is 0. The number of carbonyl (C=O) groups is 2. The van der Waals surface area contributed by atoms with Crippen LogP contribution in [0.2, 0.25) is 0 Å². The first-order valence-electron chi connectivity index (χ1n) is 7.25. The minimum Gasteiger partial charge on any atom is -0.316 e. The van der Waals surface area contributed by atoms with Gasteiger partial charge in [0, 0.05) is 6.20 Å². The number of aromatic nitrogens is 1. The number of fused-ring (bicyclic) bond motifs is 1. The van der Waals surface area contributed by atoms with E-state index in [4.69, 9.17) is 0 Å². The molecule has 3 aromatic rings. The number of hydrogen-bond donors (Lipinski definition) is 2. The summed E-state index contributed by atoms with van der Waals surface area (Å²) >= 11 is 0. The van der Waals surface area contributed by atoms with Crippen molar-refractivity contribution in [3.05, 3.63) is 72.6 Å². The fourth-order valence-corrected chi connectivity index (χ4v) is 2.13. The molecule has 0 aliphatic heterocycles. The highest BCUT2D eigenvalue weighted by Crippen LogP contribution is 2.14. The number of nitrogens with zero attached hydrogens (tertiary/aromatic N) is 2. The Morgan fingerprint density at radius 1 is 0.958 bits per heavy atom. The van der Waals surface area contributed by atoms with Crippen LogP contribution in [0.3, 0.4) is 0 Å². The smallest absolute Gasteiger partial charge is 0.316 e. The molecule has 0 spiro atoms. The number of hydrazone groups is 1. The molecule has 0 fully saturated rings. The summed E-state index contributed by atoms with van der Waals surface area (Å²) in [6, 6.07) is 17.0. The van der Waals surface area contributed by atoms with Crippen LogP contribution in [0, 0.1) is 0 Å². The number of benzene rings is 2. The van der Waals surface area contributed by atoms with Crippen molar-refractivity contribution in [2.24, 2.45) is 5.10 Å². The highest BCUT2D eigenvalue weighted by Gasteiger charge is 2.12. The van der Waals surface area contributed by atoms with Crippen LogP contribution in [0.5, 0.6) is 0 Å². The van der Waals surface area contributed by atoms with Gasteiger partial charge in [0.25, 0.3) is 0 Å². The highest BCUT2D eigenvalue weighted by atomic mass is 16.2. The SMILES string of the molecule is O=C(NN=Cc1ccc2ccccc2c1)C(=O)Nc1cccnc1. The van der Waals surface area contributed by atoms with Crippen molar-refractivity contribution in [2.45, 2.75) is 0 Å². The van der Waals surface area contributed by atoms with E-state index in [1.165, 1.54) is 12.4 Å². The first-order valence-corrected chi connectivity index (χ1v) is 7.25. The quantitative estimate of drug-likeness (QED) is 0.441. The van der Waals surface area contributed by atoms with Gasteiger partial charge < -0.3 is 5.32 Å². The predicted molar refractivity (Wildman–Crippen MR) is 92.6 cm³/mol. The summed E-state index contributed by atoms with van der Waals surface area (Å²) in [5.74, 6) is -1.66. The van der Waals surface area contributed by atoms with Gasteiger partial charge in [-0.3, -0.25) is 14.6 Å². The second-order valence-corrected chi connectivity index (χ2v) is 5.00. The third-order valence-corrected chi connectivity index (χ3v) is 3.28. The van der Waals surface area contributed by atoms with E-state index in [0.29, 0.717) is 5.69 Å². The van der Waals surface area contributed by atoms with E-state index in [1.54, 1.807) is 18.3 Å². The third kappa shape index (κ3) is 3.80. The molecule has 3 rings (SSSR count). The van der Waals surface area contributed by atoms with Gasteiger partial charge in [-0.2, -0.15) is 5.10 Å². The molecule has 0 radical (unpaired) electrons. The number of nitrogens with one attached hydrogen (secondary N) is 2. The zero-order valence-electron chi connectivity index (χ0n) is 12.6. The zero-order valence-corrected chi connectivity index (χ0v) is 12.6. The molecular weight excluding hydrogens is 304 g/mol. The molecule has 6 nitrogen and oxygen atoms in total. The standard InChI is InChI=1S/C18H14N4O2/c23-17(21-16-6-3-9-19-12-16)18(24)22-20-11-13-7-8-14-4-1-2-5-15(14)10-13/h1-12H,(H,21,23)(H,22,24). The molecule has 0 aliphatic carbocycles. The molecule has 118 valence electrons. The van der Waals surface area contributed by atoms with Crippen LogP contribution in [0.25, 0.3) is 10.8 Å². The summed E-state index contributed by atoms with van der Waals surface area (Å²) in [7, 11) is 0. The van der Waals surface area contributed by atoms with Crippen LogP contribution in [0.4, 0.5) is 5.69 Å². The van der Waals surface area contributed by atoms with E-state index in [-0.39, 0.29) is 0 Å². The molecule has 0 unspecified atom stereocenters. The average molecular weight is 318 g/mol. The Bertz CT molecular complexity index is 907. The van der Waals surface area contributed by atoms with Gasteiger partial charge in [-0.15, -0.1) is 0 Å². The van der Waals surface area contributed by atoms with E-state index in [2.05, 4.69) is 20.8 Å². The fraction of sp³-hybridized carbons (Fsp3) is 0. The summed E-state index contributed by atoms with van der Waals surface area (Å²) in [5.41, 5.74) is 3.46. The average Bonchev–Trinajstić information content (AvgIpc) is 2.62. The fourth-order valence-electron chi connectivity index (χ4n) is 2.13. The summed E-state index contributed by atoms with van der Waals surface area (Å²) in [6.45, 7) is 0. The van der Waals surface area contributed by atoms with Crippen molar-refractivity contribution < 1.29 is 9.59 Å². The molecule has 2 amide bonds. The number of carbonyl (C=O) groups excluding carboxylic acids is 2. The molecule has 6 heteroatoms. The maximum atomic E-state index is 11.7. The van der Waals surface area contributed by atoms with Gasteiger partial charge in [0.15, 0.2) is 0 Å². The van der Waals surface area contributed by atoms with Crippen molar-refractivity contribution in [3.63, 3.8) is 0 Å². The molecule has 24 heavy (non-hydrogen) atoms. The van der Waals surface area contributed by atoms with Crippen LogP contribution in [-0.2, 0) is 9.59 Å². The molecular formula is C18H14N4O2. The van der Waals surface area contributed by atoms with Crippen LogP contribution in [0.1, 0.15) is 5.56 Å². The van der Waals surface area contributed by atoms with E-state index in [9.17, 15) is 9.59 Å². The van der Waals surface area contributed by atoms with Crippen molar-refractivity contribution in [2.75, 3.05) is 5.32 Å². The van der Waals surface area contributed by atoms with Crippen molar-refractivity contribution in [1.82, 2.24) is 10.4 Å². The highest BCUT2D eigenvalue weighted by molar-refractivity contribution is 6.39. The van der Waals surface area contributed by atoms with Crippen molar-refractivity contribution in [1.29, 1.82) is 0 Å². The Morgan fingerprint density at radius 3 is 2.58 bits per heavy atom. The van der Waals surface area contributed by atoms with Gasteiger partial charge in [0.05, 0.1) is 18.1 Å². The van der Waals surface area contributed by atoms with Gasteiger partial charge in [0.2, 0.25) is 0 Å². The molecule has 0 bridgehead atoms. The second-order valence-electron chi connectivity index (χ2n) is 5.00. The lowest BCUT2D eigenvalue weighted by molar-refractivity contribution is -0.136. The first-order chi connectivity index (χ1) is 11.7. The van der Waals surface area contributed by atoms with Crippen LogP contribution < -0.4 is 10.7 Å². The topological polar surface area (TPSA) is 83.5 Å². The number of pyridine rings is 1. The first kappa shape index (κ1) is 15.4. The second kappa shape index (κ2) is 7.15. The Balaban J connectivity index is 1.60. The van der Waals surface area contributed by atoms with Gasteiger partial charge >= 0.3 is 11.8 Å². The van der Waals surface area contributed by atoms with Gasteiger partial charge in [-0.05, 0) is 34.5 Å². The Kier molecular flexibility index (Phi) is 4.57. The molecule has 1 aromatic heterocycles. The maximum Gasteiger partial charge on any atom is 0.329 e. The normalized spacial score (nSPS) is 10.7. The maximum absolute atomic E-state index is 11.7. The van der Waals surface area contributed by atoms with Crippen LogP contribution >= 0.6 is 0 Å². The minimum absolute atomic E-state index is 0.441. The molecule has 0 aliphatic rings. The number of hydrogen-bond acceptors (Lipinski definition) is 4. The van der Waals surface area contributed by atoms with Crippen LogP contribution in [0.15, 0.2) is 72.1 Å². The largest absolute Gasteiger partial charge is 0.329 e. The lowest BCUT2D eigenvalue weighted by atomic mass is 10.1. The van der Waals surface area contributed by atoms with Gasteiger partial charge in [0.1, 0.15) is 0 Å². The summed E-state index contributed by atoms with van der Waals surface area (Å²) in [4.78, 5) is 27.2. The molecule has 0 atom stereocenters. The lowest BCUT2D eigenvalue weighted by Gasteiger charge is -2.02. The Morgan fingerprint density at radius 2 is 1.79 bits per heavy atom. The molecule has 1 heterocycles. The van der Waals surface area contributed by atoms with Crippen molar-refractivity contribution in [3.8, 4) is 0 Å². The van der Waals surface area contributed by atoms with E-state index in [0.717, 1.165) is 16.3 Å². The molecule has 2 N–H and O–H groups in total. The number of amides is 2.